The van der Waals surface area contributed by atoms with Gasteiger partial charge in [-0.15, -0.1) is 0 Å². The minimum Gasteiger partial charge on any atom is -0.496 e. The lowest BCUT2D eigenvalue weighted by Gasteiger charge is -2.11. The summed E-state index contributed by atoms with van der Waals surface area (Å²) in [4.78, 5) is 12.2. The molecule has 0 fully saturated rings. The van der Waals surface area contributed by atoms with Crippen molar-refractivity contribution < 1.29 is 18.6 Å². The minimum atomic E-state index is -0.143. The molecule has 0 N–H and O–H groups in total. The second kappa shape index (κ2) is 7.35. The van der Waals surface area contributed by atoms with Crippen LogP contribution in [0.5, 0.6) is 17.2 Å². The van der Waals surface area contributed by atoms with Crippen LogP contribution in [0, 0.1) is 6.92 Å². The second-order valence-electron chi connectivity index (χ2n) is 5.78. The molecule has 1 aromatic heterocycles. The Morgan fingerprint density at radius 3 is 1.81 bits per heavy atom. The summed E-state index contributed by atoms with van der Waals surface area (Å²) in [6.07, 6.45) is 0. The van der Waals surface area contributed by atoms with E-state index in [2.05, 4.69) is 0 Å². The van der Waals surface area contributed by atoms with E-state index in [-0.39, 0.29) is 5.43 Å². The van der Waals surface area contributed by atoms with E-state index in [4.69, 9.17) is 18.6 Å². The van der Waals surface area contributed by atoms with E-state index in [9.17, 15) is 4.79 Å². The van der Waals surface area contributed by atoms with Gasteiger partial charge in [0.25, 0.3) is 0 Å². The third-order valence-corrected chi connectivity index (χ3v) is 4.13. The third-order valence-electron chi connectivity index (χ3n) is 4.13. The number of methoxy groups -OCH3 is 3. The second-order valence-corrected chi connectivity index (χ2v) is 5.78. The molecule has 5 nitrogen and oxygen atoms in total. The molecule has 0 unspecified atom stereocenters. The van der Waals surface area contributed by atoms with Crippen molar-refractivity contribution in [3.8, 4) is 39.9 Å². The molecule has 3 aromatic rings. The van der Waals surface area contributed by atoms with Crippen LogP contribution < -0.4 is 19.6 Å². The van der Waals surface area contributed by atoms with E-state index in [1.165, 1.54) is 12.1 Å². The maximum Gasteiger partial charge on any atom is 0.186 e. The largest absolute Gasteiger partial charge is 0.496 e. The van der Waals surface area contributed by atoms with Gasteiger partial charge in [-0.05, 0) is 36.8 Å². The number of rotatable bonds is 5. The van der Waals surface area contributed by atoms with Crippen molar-refractivity contribution in [2.75, 3.05) is 21.3 Å². The molecule has 0 bridgehead atoms. The Kier molecular flexibility index (Phi) is 4.98. The van der Waals surface area contributed by atoms with E-state index < -0.39 is 0 Å². The van der Waals surface area contributed by atoms with Crippen LogP contribution in [-0.4, -0.2) is 21.3 Å². The Bertz CT molecular complexity index is 988. The number of aryl methyl sites for hydroxylation is 1. The highest BCUT2D eigenvalue weighted by Crippen LogP contribution is 2.34. The fourth-order valence-electron chi connectivity index (χ4n) is 2.72. The van der Waals surface area contributed by atoms with E-state index >= 15 is 0 Å². The van der Waals surface area contributed by atoms with Gasteiger partial charge in [-0.2, -0.15) is 0 Å². The van der Waals surface area contributed by atoms with E-state index in [1.807, 2.05) is 31.2 Å². The summed E-state index contributed by atoms with van der Waals surface area (Å²) in [5, 5.41) is 0. The van der Waals surface area contributed by atoms with Gasteiger partial charge in [0.2, 0.25) is 0 Å². The van der Waals surface area contributed by atoms with Crippen LogP contribution in [-0.2, 0) is 0 Å². The van der Waals surface area contributed by atoms with Gasteiger partial charge in [0.1, 0.15) is 17.3 Å². The minimum absolute atomic E-state index is 0.143. The highest BCUT2D eigenvalue weighted by Gasteiger charge is 2.12. The highest BCUT2D eigenvalue weighted by molar-refractivity contribution is 5.66. The quantitative estimate of drug-likeness (QED) is 0.685. The van der Waals surface area contributed by atoms with Gasteiger partial charge in [-0.3, -0.25) is 4.79 Å². The van der Waals surface area contributed by atoms with Crippen molar-refractivity contribution in [3.05, 3.63) is 64.3 Å². The van der Waals surface area contributed by atoms with Crippen LogP contribution in [0.3, 0.4) is 0 Å². The third kappa shape index (κ3) is 3.42. The zero-order valence-electron chi connectivity index (χ0n) is 15.2. The summed E-state index contributed by atoms with van der Waals surface area (Å²) in [5.74, 6) is 2.84. The SMILES string of the molecule is COc1cc(-c2cc(=O)cc(-c3ccc(OC)c(OC)c3)o2)ccc1C. The van der Waals surface area contributed by atoms with Gasteiger partial charge < -0.3 is 18.6 Å². The number of hydrogen-bond acceptors (Lipinski definition) is 5. The van der Waals surface area contributed by atoms with E-state index in [1.54, 1.807) is 33.5 Å². The zero-order chi connectivity index (χ0) is 18.7. The number of benzene rings is 2. The summed E-state index contributed by atoms with van der Waals surface area (Å²) >= 11 is 0. The highest BCUT2D eigenvalue weighted by atomic mass is 16.5. The molecule has 0 aliphatic rings. The average molecular weight is 352 g/mol. The summed E-state index contributed by atoms with van der Waals surface area (Å²) < 4.78 is 21.9. The molecule has 0 aliphatic heterocycles. The Morgan fingerprint density at radius 1 is 0.692 bits per heavy atom. The number of ether oxygens (including phenoxy) is 3. The van der Waals surface area contributed by atoms with Crippen molar-refractivity contribution in [2.45, 2.75) is 6.92 Å². The van der Waals surface area contributed by atoms with Gasteiger partial charge in [0, 0.05) is 23.3 Å². The molecule has 5 heteroatoms. The zero-order valence-corrected chi connectivity index (χ0v) is 15.2. The topological polar surface area (TPSA) is 57.9 Å². The van der Waals surface area contributed by atoms with Gasteiger partial charge in [-0.1, -0.05) is 12.1 Å². The Hall–Kier alpha value is -3.21. The fraction of sp³-hybridized carbons (Fsp3) is 0.190. The first-order valence-corrected chi connectivity index (χ1v) is 8.08. The molecule has 0 saturated heterocycles. The molecule has 0 atom stereocenters. The summed E-state index contributed by atoms with van der Waals surface area (Å²) in [6, 6.07) is 14.0. The maximum absolute atomic E-state index is 12.2. The van der Waals surface area contributed by atoms with Crippen molar-refractivity contribution in [1.29, 1.82) is 0 Å². The molecular weight excluding hydrogens is 332 g/mol. The van der Waals surface area contributed by atoms with Gasteiger partial charge >= 0.3 is 0 Å². The lowest BCUT2D eigenvalue weighted by molar-refractivity contribution is 0.355. The molecule has 134 valence electrons. The van der Waals surface area contributed by atoms with Crippen LogP contribution >= 0.6 is 0 Å². The van der Waals surface area contributed by atoms with Crippen molar-refractivity contribution in [1.82, 2.24) is 0 Å². The first-order chi connectivity index (χ1) is 12.5. The molecule has 26 heavy (non-hydrogen) atoms. The van der Waals surface area contributed by atoms with Gasteiger partial charge in [0.05, 0.1) is 21.3 Å². The Labute approximate surface area is 151 Å². The molecule has 2 aromatic carbocycles. The molecule has 0 aliphatic carbocycles. The van der Waals surface area contributed by atoms with Crippen molar-refractivity contribution >= 4 is 0 Å². The average Bonchev–Trinajstić information content (AvgIpc) is 2.67. The summed E-state index contributed by atoms with van der Waals surface area (Å²) in [7, 11) is 4.75. The Balaban J connectivity index is 2.10. The lowest BCUT2D eigenvalue weighted by atomic mass is 10.1. The predicted molar refractivity (Wildman–Crippen MR) is 100 cm³/mol. The van der Waals surface area contributed by atoms with Crippen LogP contribution in [0.1, 0.15) is 5.56 Å². The molecule has 0 saturated carbocycles. The fourth-order valence-corrected chi connectivity index (χ4v) is 2.72. The van der Waals surface area contributed by atoms with Crippen LogP contribution in [0.25, 0.3) is 22.6 Å². The van der Waals surface area contributed by atoms with Crippen LogP contribution in [0.4, 0.5) is 0 Å². The van der Waals surface area contributed by atoms with Gasteiger partial charge in [-0.25, -0.2) is 0 Å². The standard InChI is InChI=1S/C21H20O5/c1-13-5-6-14(9-18(13)24-3)19-11-16(22)12-20(26-19)15-7-8-17(23-2)21(10-15)25-4/h5-12H,1-4H3. The number of hydrogen-bond donors (Lipinski definition) is 0. The van der Waals surface area contributed by atoms with Crippen molar-refractivity contribution in [2.24, 2.45) is 0 Å². The molecule has 0 spiro atoms. The van der Waals surface area contributed by atoms with E-state index in [0.717, 1.165) is 22.4 Å². The van der Waals surface area contributed by atoms with Gasteiger partial charge in [0.15, 0.2) is 16.9 Å². The first kappa shape index (κ1) is 17.6. The van der Waals surface area contributed by atoms with Crippen molar-refractivity contribution in [3.63, 3.8) is 0 Å². The van der Waals surface area contributed by atoms with Crippen LogP contribution in [0.15, 0.2) is 57.7 Å². The molecular formula is C21H20O5. The monoisotopic (exact) mass is 352 g/mol. The molecule has 0 radical (unpaired) electrons. The molecule has 1 heterocycles. The summed E-state index contributed by atoms with van der Waals surface area (Å²) in [6.45, 7) is 1.96. The van der Waals surface area contributed by atoms with Crippen LogP contribution in [0.2, 0.25) is 0 Å². The predicted octanol–water partition coefficient (Wildman–Crippen LogP) is 4.31. The Morgan fingerprint density at radius 2 is 1.23 bits per heavy atom. The normalized spacial score (nSPS) is 10.5. The molecule has 3 rings (SSSR count). The summed E-state index contributed by atoms with van der Waals surface area (Å²) in [5.41, 5.74) is 2.36. The lowest BCUT2D eigenvalue weighted by Crippen LogP contribution is -1.99. The molecule has 0 amide bonds. The maximum atomic E-state index is 12.2. The van der Waals surface area contributed by atoms with E-state index in [0.29, 0.717) is 23.0 Å². The first-order valence-electron chi connectivity index (χ1n) is 8.08. The smallest absolute Gasteiger partial charge is 0.186 e.